The van der Waals surface area contributed by atoms with Crippen LogP contribution in [0.1, 0.15) is 204 Å². The zero-order valence-electron chi connectivity index (χ0n) is 64.9. The fourth-order valence-electron chi connectivity index (χ4n) is 15.7. The Kier molecular flexibility index (Phi) is 30.2. The van der Waals surface area contributed by atoms with Gasteiger partial charge in [-0.3, -0.25) is 0 Å². The number of rotatable bonds is 27. The molecule has 99 heavy (non-hydrogen) atoms. The van der Waals surface area contributed by atoms with Gasteiger partial charge < -0.3 is 35.0 Å². The van der Waals surface area contributed by atoms with Crippen LogP contribution in [0.4, 0.5) is 0 Å². The number of fused-ring (bicyclic) bond motifs is 2. The van der Waals surface area contributed by atoms with E-state index < -0.39 is 5.97 Å². The minimum absolute atomic E-state index is 0.0969. The molecule has 0 unspecified atom stereocenters. The molecule has 10 atom stereocenters. The summed E-state index contributed by atoms with van der Waals surface area (Å²) in [4.78, 5) is 12.1. The lowest BCUT2D eigenvalue weighted by atomic mass is 9.61. The summed E-state index contributed by atoms with van der Waals surface area (Å²) in [5.74, 6) is 0.740. The Morgan fingerprint density at radius 3 is 1.11 bits per heavy atom. The van der Waals surface area contributed by atoms with Crippen molar-refractivity contribution in [3.63, 3.8) is 0 Å². The van der Waals surface area contributed by atoms with E-state index in [4.69, 9.17) is 9.47 Å². The fraction of sp³-hybridized carbons (Fsp3) is 0.505. The second-order valence-electron chi connectivity index (χ2n) is 32.7. The Bertz CT molecular complexity index is 3470. The average molecular weight is 1350 g/mol. The van der Waals surface area contributed by atoms with Crippen molar-refractivity contribution in [2.75, 3.05) is 13.2 Å². The highest BCUT2D eigenvalue weighted by Crippen LogP contribution is 2.67. The standard InChI is InChI=1S/C51H72O4.C40H56O4/c1-36(15-13-16-37(2)22-31-47-42(7)24-29-45(50(47,9)10)27-20-40(5)34-52)19-26-44(49(54)55)33-39(4)18-14-17-38(3)23-32-48-43(8)25-30-46(51(48,11)12)28-21-41(6)35-53;1-29(17-13-19-31(3)21-23-39-35(5,6)25-33(41)27-37(39,9)43-39)15-11-12-16-30(2)18-14-20-32(4)22-24-40-36(7,8)26-34(42)28-38(40,10)44-40/h13-26,31-33,45-48,52-53H,27-30,34-35H2,1-12H3,(H,54,55);11-24,33-34,41-42H,25-28H2,1-10H3/b15-13+,18-14+,31-22+,32-23+,36-19+,37-16+,38-17+,39-33+,40-20+,41-21+,44-26-;12-11+,17-13+,18-14+,23-21+,24-22+,29-15+,30-16+,31-19+,32-20+/t45-,46-,47+,48+;33-,34-,37+,38+,39-,40-/m00/s1. The van der Waals surface area contributed by atoms with Gasteiger partial charge in [0.2, 0.25) is 0 Å². The number of carboxylic acids is 1. The van der Waals surface area contributed by atoms with Crippen molar-refractivity contribution in [1.82, 2.24) is 0 Å². The van der Waals surface area contributed by atoms with Gasteiger partial charge in [-0.25, -0.2) is 4.79 Å². The summed E-state index contributed by atoms with van der Waals surface area (Å²) in [6.45, 7) is 47.6. The Labute approximate surface area is 600 Å². The van der Waals surface area contributed by atoms with Gasteiger partial charge in [0.05, 0.1) is 31.0 Å². The molecule has 2 heterocycles. The topological polar surface area (TPSA) is 143 Å². The summed E-state index contributed by atoms with van der Waals surface area (Å²) >= 11 is 0. The lowest BCUT2D eigenvalue weighted by Crippen LogP contribution is -2.46. The Morgan fingerprint density at radius 2 is 0.768 bits per heavy atom. The maximum atomic E-state index is 12.1. The Balaban J connectivity index is 0.000000365. The number of allylic oxidation sites excluding steroid dienone is 38. The van der Waals surface area contributed by atoms with E-state index in [-0.39, 0.29) is 75.1 Å². The first-order chi connectivity index (χ1) is 46.2. The highest BCUT2D eigenvalue weighted by Gasteiger charge is 2.75. The lowest BCUT2D eigenvalue weighted by Gasteiger charge is -2.43. The molecule has 8 heteroatoms. The van der Waals surface area contributed by atoms with Crippen LogP contribution in [-0.2, 0) is 14.3 Å². The van der Waals surface area contributed by atoms with Crippen LogP contribution in [0.15, 0.2) is 261 Å². The van der Waals surface area contributed by atoms with Crippen LogP contribution in [0.25, 0.3) is 0 Å². The minimum Gasteiger partial charge on any atom is -0.478 e. The first-order valence-corrected chi connectivity index (χ1v) is 36.3. The summed E-state index contributed by atoms with van der Waals surface area (Å²) in [5, 5.41) is 49.2. The summed E-state index contributed by atoms with van der Waals surface area (Å²) in [6, 6.07) is 0. The van der Waals surface area contributed by atoms with E-state index in [2.05, 4.69) is 270 Å². The Hall–Kier alpha value is -6.49. The monoisotopic (exact) mass is 1350 g/mol. The van der Waals surface area contributed by atoms with Gasteiger partial charge in [0.25, 0.3) is 0 Å². The third-order valence-corrected chi connectivity index (χ3v) is 22.3. The molecule has 5 N–H and O–H groups in total. The van der Waals surface area contributed by atoms with E-state index >= 15 is 0 Å². The fourth-order valence-corrected chi connectivity index (χ4v) is 15.7. The molecule has 0 aromatic rings. The molecule has 4 aliphatic carbocycles. The molecular formula is C91H128O8. The van der Waals surface area contributed by atoms with Gasteiger partial charge in [-0.2, -0.15) is 0 Å². The van der Waals surface area contributed by atoms with Gasteiger partial charge >= 0.3 is 5.97 Å². The zero-order valence-corrected chi connectivity index (χ0v) is 64.9. The van der Waals surface area contributed by atoms with Gasteiger partial charge in [0.1, 0.15) is 22.4 Å². The first kappa shape index (κ1) is 83.2. The summed E-state index contributed by atoms with van der Waals surface area (Å²) in [6.07, 6.45) is 71.5. The normalized spacial score (nSPS) is 31.4. The van der Waals surface area contributed by atoms with Gasteiger partial charge in [-0.15, -0.1) is 0 Å². The minimum atomic E-state index is -0.966. The van der Waals surface area contributed by atoms with Gasteiger partial charge in [-0.1, -0.05) is 286 Å². The quantitative estimate of drug-likeness (QED) is 0.0237. The van der Waals surface area contributed by atoms with Crippen molar-refractivity contribution in [2.45, 2.75) is 238 Å². The molecule has 8 nitrogen and oxygen atoms in total. The highest BCUT2D eigenvalue weighted by atomic mass is 16.6. The Morgan fingerprint density at radius 1 is 0.444 bits per heavy atom. The predicted molar refractivity (Wildman–Crippen MR) is 420 cm³/mol. The van der Waals surface area contributed by atoms with E-state index in [1.807, 2.05) is 58.1 Å². The third-order valence-electron chi connectivity index (χ3n) is 22.3. The highest BCUT2D eigenvalue weighted by molar-refractivity contribution is 5.90. The SMILES string of the molecule is CC(/C=C/C=C(C)/C=C/[C@@]12O[C@]1(C)C[C@@H](O)CC2(C)C)=C\C=C\C=C(C)\C=C\C=C(C)\C=C\[C@@]12O[C@]1(C)C[C@@H](O)CC2(C)C.CC1=CC[C@H](C/C=C(\C)CO)C(C)(C)[C@@H]1/C=C/C(C)=C/C=C/C(C)=C/C=C(/C=C(C)/C=C/C=C(C)/C=C/[C@@H]1C(C)=CC[C@H](C/C=C(\C)CO)C1(C)C)C(=O)O. The van der Waals surface area contributed by atoms with E-state index in [0.717, 1.165) is 72.0 Å². The first-order valence-electron chi connectivity index (χ1n) is 36.3. The van der Waals surface area contributed by atoms with E-state index in [1.54, 1.807) is 12.2 Å². The second kappa shape index (κ2) is 35.9. The number of aliphatic carboxylic acids is 1. The number of carboxylic acid groups (broad SMARTS) is 1. The molecular weight excluding hydrogens is 1220 g/mol. The number of aliphatic hydroxyl groups is 4. The molecule has 4 fully saturated rings. The molecule has 6 rings (SSSR count). The van der Waals surface area contributed by atoms with Crippen molar-refractivity contribution >= 4 is 5.97 Å². The van der Waals surface area contributed by atoms with Crippen molar-refractivity contribution in [1.29, 1.82) is 0 Å². The number of epoxide rings is 2. The average Bonchev–Trinajstić information content (AvgIpc) is 1.52. The van der Waals surface area contributed by atoms with Crippen LogP contribution in [0, 0.1) is 45.3 Å². The molecule has 2 saturated carbocycles. The van der Waals surface area contributed by atoms with E-state index in [9.17, 15) is 30.3 Å². The summed E-state index contributed by atoms with van der Waals surface area (Å²) in [7, 11) is 0. The van der Waals surface area contributed by atoms with Gasteiger partial charge in [-0.05, 0) is 182 Å². The van der Waals surface area contributed by atoms with Crippen molar-refractivity contribution in [3.05, 3.63) is 261 Å². The van der Waals surface area contributed by atoms with Crippen molar-refractivity contribution < 1.29 is 39.8 Å². The van der Waals surface area contributed by atoms with Crippen LogP contribution >= 0.6 is 0 Å². The number of hydrogen-bond donors (Lipinski definition) is 5. The molecule has 6 aliphatic rings. The summed E-state index contributed by atoms with van der Waals surface area (Å²) < 4.78 is 12.5. The van der Waals surface area contributed by atoms with Gasteiger partial charge in [0, 0.05) is 35.5 Å². The lowest BCUT2D eigenvalue weighted by molar-refractivity contribution is -0.132. The molecule has 2 saturated heterocycles. The number of carbonyl (C=O) groups is 1. The molecule has 0 radical (unpaired) electrons. The molecule has 0 amide bonds. The van der Waals surface area contributed by atoms with E-state index in [1.165, 1.54) is 33.4 Å². The van der Waals surface area contributed by atoms with Crippen LogP contribution in [0.3, 0.4) is 0 Å². The largest absolute Gasteiger partial charge is 0.478 e. The van der Waals surface area contributed by atoms with Gasteiger partial charge in [0.15, 0.2) is 0 Å². The maximum Gasteiger partial charge on any atom is 0.335 e. The molecule has 540 valence electrons. The van der Waals surface area contributed by atoms with Crippen LogP contribution < -0.4 is 0 Å². The third kappa shape index (κ3) is 22.8. The van der Waals surface area contributed by atoms with Crippen molar-refractivity contribution in [2.24, 2.45) is 45.3 Å². The molecule has 0 aromatic heterocycles. The van der Waals surface area contributed by atoms with Crippen LogP contribution in [-0.4, -0.2) is 79.3 Å². The molecule has 0 bridgehead atoms. The molecule has 0 spiro atoms. The van der Waals surface area contributed by atoms with Crippen LogP contribution in [0.2, 0.25) is 0 Å². The zero-order chi connectivity index (χ0) is 74.0. The van der Waals surface area contributed by atoms with E-state index in [0.29, 0.717) is 36.5 Å². The number of aliphatic hydroxyl groups excluding tert-OH is 4. The summed E-state index contributed by atoms with van der Waals surface area (Å²) in [5.41, 5.74) is 12.7. The second-order valence-corrected chi connectivity index (χ2v) is 32.7. The maximum absolute atomic E-state index is 12.1. The number of hydrogen-bond acceptors (Lipinski definition) is 7. The predicted octanol–water partition coefficient (Wildman–Crippen LogP) is 21.9. The van der Waals surface area contributed by atoms with Crippen molar-refractivity contribution in [3.8, 4) is 0 Å². The smallest absolute Gasteiger partial charge is 0.335 e. The van der Waals surface area contributed by atoms with Crippen LogP contribution in [0.5, 0.6) is 0 Å². The molecule has 2 aliphatic heterocycles. The molecule has 0 aromatic carbocycles. The number of ether oxygens (including phenoxy) is 2.